The Balaban J connectivity index is 0.00000169. The summed E-state index contributed by atoms with van der Waals surface area (Å²) in [5.74, 6) is -0.137. The number of carbonyl (C=O) groups is 1. The Morgan fingerprint density at radius 3 is 2.23 bits per heavy atom. The number of halogens is 2. The van der Waals surface area contributed by atoms with Crippen LogP contribution in [0, 0.1) is 0 Å². The largest absolute Gasteiger partial charge is 0.399 e. The van der Waals surface area contributed by atoms with E-state index in [2.05, 4.69) is 22.3 Å². The van der Waals surface area contributed by atoms with Gasteiger partial charge in [0, 0.05) is 23.5 Å². The SMILES string of the molecule is Cl.Cl.Nc1cccc(C(=O)Nc2ccc(CN3CCCCCC3)cc2)c1. The van der Waals surface area contributed by atoms with Crippen LogP contribution in [-0.4, -0.2) is 23.9 Å². The van der Waals surface area contributed by atoms with E-state index in [1.807, 2.05) is 12.1 Å². The van der Waals surface area contributed by atoms with Gasteiger partial charge in [-0.25, -0.2) is 0 Å². The third-order valence-electron chi connectivity index (χ3n) is 4.47. The molecule has 0 aromatic heterocycles. The van der Waals surface area contributed by atoms with E-state index >= 15 is 0 Å². The van der Waals surface area contributed by atoms with Crippen molar-refractivity contribution in [3.63, 3.8) is 0 Å². The molecule has 142 valence electrons. The van der Waals surface area contributed by atoms with Gasteiger partial charge in [-0.1, -0.05) is 31.0 Å². The first-order valence-electron chi connectivity index (χ1n) is 8.69. The highest BCUT2D eigenvalue weighted by Crippen LogP contribution is 2.16. The maximum Gasteiger partial charge on any atom is 0.255 e. The van der Waals surface area contributed by atoms with Crippen molar-refractivity contribution in [3.05, 3.63) is 59.7 Å². The van der Waals surface area contributed by atoms with E-state index < -0.39 is 0 Å². The minimum Gasteiger partial charge on any atom is -0.399 e. The Kier molecular flexibility index (Phi) is 9.49. The molecule has 2 aromatic carbocycles. The van der Waals surface area contributed by atoms with Crippen molar-refractivity contribution < 1.29 is 4.79 Å². The molecule has 0 atom stereocenters. The minimum absolute atomic E-state index is 0. The third kappa shape index (κ3) is 6.52. The summed E-state index contributed by atoms with van der Waals surface area (Å²) in [4.78, 5) is 14.8. The topological polar surface area (TPSA) is 58.4 Å². The number of nitrogen functional groups attached to an aromatic ring is 1. The summed E-state index contributed by atoms with van der Waals surface area (Å²) in [6.45, 7) is 3.37. The van der Waals surface area contributed by atoms with Crippen LogP contribution in [0.25, 0.3) is 0 Å². The van der Waals surface area contributed by atoms with Gasteiger partial charge in [0.15, 0.2) is 0 Å². The number of benzene rings is 2. The normalized spacial score (nSPS) is 14.5. The first-order valence-corrected chi connectivity index (χ1v) is 8.69. The van der Waals surface area contributed by atoms with Gasteiger partial charge >= 0.3 is 0 Å². The lowest BCUT2D eigenvalue weighted by Gasteiger charge is -2.19. The highest BCUT2D eigenvalue weighted by Gasteiger charge is 2.10. The van der Waals surface area contributed by atoms with Crippen LogP contribution in [0.2, 0.25) is 0 Å². The smallest absolute Gasteiger partial charge is 0.255 e. The highest BCUT2D eigenvalue weighted by molar-refractivity contribution is 6.04. The molecular weight excluding hydrogens is 369 g/mol. The second-order valence-electron chi connectivity index (χ2n) is 6.47. The van der Waals surface area contributed by atoms with E-state index in [1.165, 1.54) is 44.3 Å². The van der Waals surface area contributed by atoms with Gasteiger partial charge in [-0.15, -0.1) is 24.8 Å². The quantitative estimate of drug-likeness (QED) is 0.734. The van der Waals surface area contributed by atoms with Crippen molar-refractivity contribution in [2.24, 2.45) is 0 Å². The monoisotopic (exact) mass is 395 g/mol. The number of likely N-dealkylation sites (tertiary alicyclic amines) is 1. The van der Waals surface area contributed by atoms with Crippen LogP contribution < -0.4 is 11.1 Å². The molecule has 3 N–H and O–H groups in total. The average Bonchev–Trinajstić information content (AvgIpc) is 2.85. The van der Waals surface area contributed by atoms with Crippen molar-refractivity contribution >= 4 is 42.1 Å². The zero-order chi connectivity index (χ0) is 16.8. The van der Waals surface area contributed by atoms with Gasteiger partial charge in [0.1, 0.15) is 0 Å². The molecule has 0 spiro atoms. The van der Waals surface area contributed by atoms with Crippen LogP contribution >= 0.6 is 24.8 Å². The molecule has 0 radical (unpaired) electrons. The second-order valence-corrected chi connectivity index (χ2v) is 6.47. The lowest BCUT2D eigenvalue weighted by atomic mass is 10.1. The molecule has 0 saturated carbocycles. The van der Waals surface area contributed by atoms with Crippen molar-refractivity contribution in [2.75, 3.05) is 24.1 Å². The van der Waals surface area contributed by atoms with Crippen molar-refractivity contribution in [2.45, 2.75) is 32.2 Å². The van der Waals surface area contributed by atoms with Gasteiger partial charge in [-0.3, -0.25) is 9.69 Å². The van der Waals surface area contributed by atoms with Gasteiger partial charge in [0.2, 0.25) is 0 Å². The number of rotatable bonds is 4. The summed E-state index contributed by atoms with van der Waals surface area (Å²) in [5, 5.41) is 2.92. The van der Waals surface area contributed by atoms with Crippen LogP contribution in [0.3, 0.4) is 0 Å². The van der Waals surface area contributed by atoms with E-state index in [0.29, 0.717) is 11.3 Å². The highest BCUT2D eigenvalue weighted by atomic mass is 35.5. The van der Waals surface area contributed by atoms with Crippen LogP contribution in [0.5, 0.6) is 0 Å². The fourth-order valence-electron chi connectivity index (χ4n) is 3.13. The number of nitrogens with one attached hydrogen (secondary N) is 1. The zero-order valence-electron chi connectivity index (χ0n) is 14.8. The molecule has 2 aromatic rings. The molecule has 0 aliphatic carbocycles. The van der Waals surface area contributed by atoms with Crippen molar-refractivity contribution in [1.82, 2.24) is 4.90 Å². The van der Waals surface area contributed by atoms with E-state index in [9.17, 15) is 4.79 Å². The molecule has 1 amide bonds. The van der Waals surface area contributed by atoms with Crippen molar-refractivity contribution in [3.8, 4) is 0 Å². The fraction of sp³-hybridized carbons (Fsp3) is 0.350. The molecule has 0 bridgehead atoms. The number of nitrogens with two attached hydrogens (primary N) is 1. The van der Waals surface area contributed by atoms with Crippen LogP contribution in [0.15, 0.2) is 48.5 Å². The van der Waals surface area contributed by atoms with E-state index in [4.69, 9.17) is 5.73 Å². The molecule has 1 saturated heterocycles. The number of hydrogen-bond donors (Lipinski definition) is 2. The Morgan fingerprint density at radius 1 is 0.962 bits per heavy atom. The molecule has 4 nitrogen and oxygen atoms in total. The number of amides is 1. The summed E-state index contributed by atoms with van der Waals surface area (Å²) in [6.07, 6.45) is 5.31. The van der Waals surface area contributed by atoms with Crippen LogP contribution in [-0.2, 0) is 6.54 Å². The lowest BCUT2D eigenvalue weighted by molar-refractivity contribution is 0.102. The summed E-state index contributed by atoms with van der Waals surface area (Å²) in [6, 6.07) is 15.1. The number of nitrogens with zero attached hydrogens (tertiary/aromatic N) is 1. The van der Waals surface area contributed by atoms with Crippen LogP contribution in [0.4, 0.5) is 11.4 Å². The fourth-order valence-corrected chi connectivity index (χ4v) is 3.13. The van der Waals surface area contributed by atoms with Gasteiger partial charge in [0.25, 0.3) is 5.91 Å². The molecule has 26 heavy (non-hydrogen) atoms. The van der Waals surface area contributed by atoms with Gasteiger partial charge < -0.3 is 11.1 Å². The van der Waals surface area contributed by atoms with E-state index in [-0.39, 0.29) is 30.7 Å². The average molecular weight is 396 g/mol. The number of anilines is 2. The summed E-state index contributed by atoms with van der Waals surface area (Å²) in [7, 11) is 0. The summed E-state index contributed by atoms with van der Waals surface area (Å²) >= 11 is 0. The van der Waals surface area contributed by atoms with E-state index in [0.717, 1.165) is 12.2 Å². The molecular formula is C20H27Cl2N3O. The maximum absolute atomic E-state index is 12.2. The lowest BCUT2D eigenvalue weighted by Crippen LogP contribution is -2.23. The second kappa shape index (κ2) is 11.1. The summed E-state index contributed by atoms with van der Waals surface area (Å²) < 4.78 is 0. The number of hydrogen-bond acceptors (Lipinski definition) is 3. The Labute approximate surface area is 168 Å². The maximum atomic E-state index is 12.2. The molecule has 1 fully saturated rings. The van der Waals surface area contributed by atoms with Gasteiger partial charge in [-0.05, 0) is 61.8 Å². The standard InChI is InChI=1S/C20H25N3O.2ClH/c21-18-7-5-6-17(14-18)20(24)22-19-10-8-16(9-11-19)15-23-12-3-1-2-4-13-23;;/h5-11,14H,1-4,12-13,15,21H2,(H,22,24);2*1H. The molecule has 1 aliphatic rings. The summed E-state index contributed by atoms with van der Waals surface area (Å²) in [5.41, 5.74) is 8.99. The molecule has 6 heteroatoms. The first kappa shape index (κ1) is 22.3. The van der Waals surface area contributed by atoms with Gasteiger partial charge in [-0.2, -0.15) is 0 Å². The van der Waals surface area contributed by atoms with Gasteiger partial charge in [0.05, 0.1) is 0 Å². The van der Waals surface area contributed by atoms with Crippen molar-refractivity contribution in [1.29, 1.82) is 0 Å². The Morgan fingerprint density at radius 2 is 1.62 bits per heavy atom. The van der Waals surface area contributed by atoms with Crippen LogP contribution in [0.1, 0.15) is 41.6 Å². The minimum atomic E-state index is -0.137. The zero-order valence-corrected chi connectivity index (χ0v) is 16.5. The van der Waals surface area contributed by atoms with E-state index in [1.54, 1.807) is 24.3 Å². The predicted octanol–water partition coefficient (Wildman–Crippen LogP) is 4.74. The number of carbonyl (C=O) groups excluding carboxylic acids is 1. The molecule has 1 aliphatic heterocycles. The Bertz CT molecular complexity index is 684. The molecule has 0 unspecified atom stereocenters. The predicted molar refractivity (Wildman–Crippen MR) is 113 cm³/mol. The Hall–Kier alpha value is -1.75. The molecule has 1 heterocycles. The molecule has 3 rings (SSSR count). The third-order valence-corrected chi connectivity index (χ3v) is 4.47. The first-order chi connectivity index (χ1) is 11.7.